The Hall–Kier alpha value is -4.91. The van der Waals surface area contributed by atoms with Crippen LogP contribution < -0.4 is 10.4 Å². The van der Waals surface area contributed by atoms with E-state index in [2.05, 4.69) is 20.1 Å². The number of carboxylic acid groups (broad SMARTS) is 1. The molecule has 0 saturated heterocycles. The number of nitriles is 1. The fourth-order valence-electron chi connectivity index (χ4n) is 4.55. The number of fused-ring (bicyclic) bond motifs is 3. The minimum absolute atomic E-state index is 0.178. The van der Waals surface area contributed by atoms with Crippen molar-refractivity contribution in [1.82, 2.24) is 19.7 Å². The van der Waals surface area contributed by atoms with Gasteiger partial charge in [-0.05, 0) is 38.5 Å². The smallest absolute Gasteiger partial charge is 0.341 e. The molecule has 0 bridgehead atoms. The van der Waals surface area contributed by atoms with Crippen LogP contribution >= 0.6 is 0 Å². The Balaban J connectivity index is 1.85. The van der Waals surface area contributed by atoms with Crippen LogP contribution in [-0.4, -0.2) is 37.4 Å². The van der Waals surface area contributed by atoms with E-state index >= 15 is 0 Å². The van der Waals surface area contributed by atoms with E-state index in [-0.39, 0.29) is 6.04 Å². The summed E-state index contributed by atoms with van der Waals surface area (Å²) < 4.78 is 13.0. The Morgan fingerprint density at radius 3 is 2.75 bits per heavy atom. The number of aryl methyl sites for hydroxylation is 2. The fourth-order valence-corrected chi connectivity index (χ4v) is 4.55. The molecule has 0 spiro atoms. The molecule has 0 amide bonds. The normalized spacial score (nSPS) is 12.7. The molecule has 5 rings (SSSR count). The van der Waals surface area contributed by atoms with Gasteiger partial charge in [0.25, 0.3) is 0 Å². The number of aromatic nitrogens is 4. The van der Waals surface area contributed by atoms with Crippen LogP contribution in [0.3, 0.4) is 0 Å². The van der Waals surface area contributed by atoms with E-state index in [9.17, 15) is 15.2 Å². The third kappa shape index (κ3) is 3.86. The van der Waals surface area contributed by atoms with E-state index in [0.717, 1.165) is 16.6 Å². The highest BCUT2D eigenvalue weighted by atomic mass is 16.5. The zero-order valence-corrected chi connectivity index (χ0v) is 19.8. The highest BCUT2D eigenvalue weighted by molar-refractivity contribution is 6.05. The van der Waals surface area contributed by atoms with Crippen LogP contribution in [0.5, 0.6) is 5.75 Å². The van der Waals surface area contributed by atoms with Gasteiger partial charge in [0.15, 0.2) is 6.61 Å². The van der Waals surface area contributed by atoms with E-state index in [0.29, 0.717) is 44.8 Å². The maximum absolute atomic E-state index is 11.3. The van der Waals surface area contributed by atoms with E-state index in [4.69, 9.17) is 9.26 Å². The molecule has 0 fully saturated rings. The van der Waals surface area contributed by atoms with Gasteiger partial charge in [0.1, 0.15) is 11.5 Å². The van der Waals surface area contributed by atoms with Crippen LogP contribution in [0.15, 0.2) is 58.2 Å². The molecule has 3 heterocycles. The van der Waals surface area contributed by atoms with Crippen molar-refractivity contribution in [2.24, 2.45) is 4.99 Å². The fraction of sp³-hybridized carbons (Fsp3) is 0.192. The number of pyridine rings is 1. The lowest BCUT2D eigenvalue weighted by Gasteiger charge is -2.17. The number of nitrogens with zero attached hydrogens (tertiary/aromatic N) is 5. The standard InChI is InChI=1S/C26H22N6O4/c1-14-24(16(3)36-31-14)19-9-20-18(10-22(19)35-12-23(33)34)25-21(11-28-20)30-26(29-13-27)32(25)15(2)17-7-5-4-6-8-17/h4-11,15H,12H2,1-3H3,(H,29,30)(H,33,34)/t15-/m1/s1. The van der Waals surface area contributed by atoms with Gasteiger partial charge in [-0.1, -0.05) is 35.5 Å². The summed E-state index contributed by atoms with van der Waals surface area (Å²) in [6.07, 6.45) is 3.56. The molecule has 0 aliphatic rings. The predicted octanol–water partition coefficient (Wildman–Crippen LogP) is 4.24. The second-order valence-corrected chi connectivity index (χ2v) is 8.38. The van der Waals surface area contributed by atoms with Crippen molar-refractivity contribution in [2.45, 2.75) is 26.8 Å². The van der Waals surface area contributed by atoms with Gasteiger partial charge in [0.05, 0.1) is 40.0 Å². The molecule has 2 aromatic carbocycles. The molecular formula is C26H22N6O4. The van der Waals surface area contributed by atoms with E-state index in [1.165, 1.54) is 0 Å². The largest absolute Gasteiger partial charge is 0.481 e. The van der Waals surface area contributed by atoms with Gasteiger partial charge in [-0.25, -0.2) is 4.79 Å². The zero-order chi connectivity index (χ0) is 25.4. The van der Waals surface area contributed by atoms with Crippen LogP contribution in [0.1, 0.15) is 30.0 Å². The van der Waals surface area contributed by atoms with Crippen molar-refractivity contribution in [3.63, 3.8) is 0 Å². The summed E-state index contributed by atoms with van der Waals surface area (Å²) in [4.78, 5) is 23.2. The first kappa shape index (κ1) is 22.9. The Morgan fingerprint density at radius 2 is 2.08 bits per heavy atom. The second-order valence-electron chi connectivity index (χ2n) is 8.38. The minimum Gasteiger partial charge on any atom is -0.481 e. The lowest BCUT2D eigenvalue weighted by molar-refractivity contribution is -0.139. The number of aliphatic carboxylic acids is 1. The molecule has 36 heavy (non-hydrogen) atoms. The summed E-state index contributed by atoms with van der Waals surface area (Å²) in [6, 6.07) is 13.3. The predicted molar refractivity (Wildman–Crippen MR) is 131 cm³/mol. The first-order chi connectivity index (χ1) is 17.4. The summed E-state index contributed by atoms with van der Waals surface area (Å²) in [5.41, 5.74) is 5.49. The molecule has 0 unspecified atom stereocenters. The van der Waals surface area contributed by atoms with E-state index in [1.54, 1.807) is 19.2 Å². The monoisotopic (exact) mass is 482 g/mol. The topological polar surface area (TPSA) is 142 Å². The molecule has 3 aromatic heterocycles. The number of hydrogen-bond donors (Lipinski definition) is 2. The summed E-state index contributed by atoms with van der Waals surface area (Å²) in [7, 11) is 0. The molecule has 0 saturated carbocycles. The first-order valence-corrected chi connectivity index (χ1v) is 11.2. The molecule has 1 atom stereocenters. The van der Waals surface area contributed by atoms with Crippen LogP contribution in [0, 0.1) is 25.3 Å². The number of imidazole rings is 1. The molecule has 0 radical (unpaired) electrons. The minimum atomic E-state index is -1.10. The number of aromatic amines is 1. The number of hydrogen-bond acceptors (Lipinski definition) is 7. The van der Waals surface area contributed by atoms with Crippen LogP contribution in [-0.2, 0) is 4.79 Å². The lowest BCUT2D eigenvalue weighted by Crippen LogP contribution is -2.22. The van der Waals surface area contributed by atoms with Crippen molar-refractivity contribution in [3.05, 3.63) is 71.3 Å². The van der Waals surface area contributed by atoms with Crippen LogP contribution in [0.25, 0.3) is 33.1 Å². The number of carbonyl (C=O) groups is 1. The second kappa shape index (κ2) is 9.03. The van der Waals surface area contributed by atoms with E-state index < -0.39 is 12.6 Å². The Morgan fingerprint density at radius 1 is 1.31 bits per heavy atom. The third-order valence-electron chi connectivity index (χ3n) is 6.14. The first-order valence-electron chi connectivity index (χ1n) is 11.2. The van der Waals surface area contributed by atoms with Crippen molar-refractivity contribution in [3.8, 4) is 23.1 Å². The summed E-state index contributed by atoms with van der Waals surface area (Å²) in [6.45, 7) is 5.10. The number of nitrogens with one attached hydrogen (secondary N) is 1. The average molecular weight is 483 g/mol. The number of H-pyrrole nitrogens is 1. The van der Waals surface area contributed by atoms with Crippen molar-refractivity contribution in [2.75, 3.05) is 6.61 Å². The Bertz CT molecular complexity index is 1700. The highest BCUT2D eigenvalue weighted by Crippen LogP contribution is 2.39. The molecular weight excluding hydrogens is 460 g/mol. The van der Waals surface area contributed by atoms with Gasteiger partial charge >= 0.3 is 5.97 Å². The van der Waals surface area contributed by atoms with Crippen LogP contribution in [0.2, 0.25) is 0 Å². The van der Waals surface area contributed by atoms with Gasteiger partial charge in [-0.15, -0.1) is 4.99 Å². The lowest BCUT2D eigenvalue weighted by atomic mass is 10.00. The summed E-state index contributed by atoms with van der Waals surface area (Å²) in [5, 5.41) is 23.4. The summed E-state index contributed by atoms with van der Waals surface area (Å²) >= 11 is 0. The maximum Gasteiger partial charge on any atom is 0.341 e. The SMILES string of the molecule is Cc1noc(C)c1-c1cc2ncc3[nH]c(=NC#N)n([C@H](C)c4ccccc4)c3c2cc1OCC(=O)O. The third-order valence-corrected chi connectivity index (χ3v) is 6.14. The van der Waals surface area contributed by atoms with Crippen molar-refractivity contribution in [1.29, 1.82) is 5.26 Å². The number of rotatable bonds is 6. The van der Waals surface area contributed by atoms with Gasteiger partial charge < -0.3 is 23.9 Å². The van der Waals surface area contributed by atoms with Gasteiger partial charge in [0.2, 0.25) is 11.8 Å². The zero-order valence-electron chi connectivity index (χ0n) is 19.8. The molecule has 0 aliphatic heterocycles. The maximum atomic E-state index is 11.3. The molecule has 10 nitrogen and oxygen atoms in total. The van der Waals surface area contributed by atoms with Crippen molar-refractivity contribution < 1.29 is 19.2 Å². The molecule has 180 valence electrons. The average Bonchev–Trinajstić information content (AvgIpc) is 3.41. The van der Waals surface area contributed by atoms with Gasteiger partial charge in [0, 0.05) is 10.9 Å². The number of ether oxygens (including phenoxy) is 1. The number of benzene rings is 2. The van der Waals surface area contributed by atoms with Crippen molar-refractivity contribution >= 4 is 27.9 Å². The van der Waals surface area contributed by atoms with Gasteiger partial charge in [-0.2, -0.15) is 5.26 Å². The van der Waals surface area contributed by atoms with E-state index in [1.807, 2.05) is 61.0 Å². The highest BCUT2D eigenvalue weighted by Gasteiger charge is 2.22. The van der Waals surface area contributed by atoms with Crippen LogP contribution in [0.4, 0.5) is 0 Å². The molecule has 2 N–H and O–H groups in total. The quantitative estimate of drug-likeness (QED) is 0.345. The molecule has 0 aliphatic carbocycles. The molecule has 10 heteroatoms. The number of carboxylic acids is 1. The Kier molecular flexibility index (Phi) is 5.74. The molecule has 5 aromatic rings. The Labute approximate surface area is 205 Å². The van der Waals surface area contributed by atoms with Gasteiger partial charge in [-0.3, -0.25) is 4.98 Å². The summed E-state index contributed by atoms with van der Waals surface area (Å²) in [5.74, 6) is -0.161.